The Kier molecular flexibility index (Phi) is 5.28. The van der Waals surface area contributed by atoms with Crippen LogP contribution in [-0.4, -0.2) is 15.7 Å². The van der Waals surface area contributed by atoms with Crippen LogP contribution in [0.3, 0.4) is 0 Å². The molecule has 0 atom stereocenters. The van der Waals surface area contributed by atoms with Crippen molar-refractivity contribution >= 4 is 11.0 Å². The number of imidazole rings is 1. The van der Waals surface area contributed by atoms with Gasteiger partial charge in [-0.15, -0.1) is 0 Å². The summed E-state index contributed by atoms with van der Waals surface area (Å²) in [5.41, 5.74) is 2.71. The Labute approximate surface area is 135 Å². The molecule has 0 aliphatic rings. The number of aryl methyl sites for hydroxylation is 2. The third kappa shape index (κ3) is 3.17. The zero-order valence-corrected chi connectivity index (χ0v) is 13.3. The number of aromatic nitrogens is 2. The summed E-state index contributed by atoms with van der Waals surface area (Å²) < 4.78 is 9.65. The molecule has 0 bridgehead atoms. The van der Waals surface area contributed by atoms with Crippen LogP contribution < -0.4 is 22.8 Å². The van der Waals surface area contributed by atoms with Crippen molar-refractivity contribution in [3.8, 4) is 5.75 Å². The number of halogens is 1. The largest absolute Gasteiger partial charge is 1.00 e. The Balaban J connectivity index is 0.00000176. The Hall–Kier alpha value is -2.20. The summed E-state index contributed by atoms with van der Waals surface area (Å²) in [6, 6.07) is 18.0. The van der Waals surface area contributed by atoms with Crippen molar-refractivity contribution in [3.05, 3.63) is 60.2 Å². The van der Waals surface area contributed by atoms with Crippen molar-refractivity contribution in [1.29, 1.82) is 5.41 Å². The van der Waals surface area contributed by atoms with Gasteiger partial charge in [0.1, 0.15) is 5.75 Å². The topological polar surface area (TPSA) is 42.9 Å². The average Bonchev–Trinajstić information content (AvgIpc) is 2.77. The second-order valence-electron chi connectivity index (χ2n) is 5.04. The summed E-state index contributed by atoms with van der Waals surface area (Å²) in [5.74, 6) is 0.895. The highest BCUT2D eigenvalue weighted by Crippen LogP contribution is 2.12. The lowest BCUT2D eigenvalue weighted by molar-refractivity contribution is -0.00000504. The second-order valence-corrected chi connectivity index (χ2v) is 5.04. The molecule has 0 saturated carbocycles. The van der Waals surface area contributed by atoms with Crippen LogP contribution in [0.25, 0.3) is 11.0 Å². The molecular weight excluding hydrogens is 298 g/mol. The highest BCUT2D eigenvalue weighted by Gasteiger charge is 2.06. The molecule has 5 heteroatoms. The number of para-hydroxylation sites is 3. The van der Waals surface area contributed by atoms with Crippen molar-refractivity contribution in [1.82, 2.24) is 9.13 Å². The van der Waals surface area contributed by atoms with Crippen molar-refractivity contribution in [2.45, 2.75) is 13.0 Å². The van der Waals surface area contributed by atoms with Gasteiger partial charge in [0.05, 0.1) is 17.6 Å². The minimum absolute atomic E-state index is 0. The van der Waals surface area contributed by atoms with Gasteiger partial charge >= 0.3 is 0 Å². The Morgan fingerprint density at radius 2 is 1.59 bits per heavy atom. The number of nitrogens with zero attached hydrogens (tertiary/aromatic N) is 2. The number of rotatable bonds is 5. The first-order valence-electron chi connectivity index (χ1n) is 7.14. The van der Waals surface area contributed by atoms with Crippen molar-refractivity contribution in [2.24, 2.45) is 7.05 Å². The van der Waals surface area contributed by atoms with E-state index in [2.05, 4.69) is 6.07 Å². The minimum Gasteiger partial charge on any atom is -1.00 e. The molecule has 4 nitrogen and oxygen atoms in total. The van der Waals surface area contributed by atoms with Gasteiger partial charge in [0.15, 0.2) is 0 Å². The van der Waals surface area contributed by atoms with Crippen LogP contribution in [0, 0.1) is 5.41 Å². The standard InChI is InChI=1S/C17H19N3O.ClH/c1-19-15-10-5-6-11-16(15)20(17(19)18)12-7-13-21-14-8-3-2-4-9-14;/h2-6,8-11,18H,7,12-13H2,1H3;1H/p-1. The van der Waals surface area contributed by atoms with E-state index < -0.39 is 0 Å². The van der Waals surface area contributed by atoms with Crippen molar-refractivity contribution in [2.75, 3.05) is 6.61 Å². The van der Waals surface area contributed by atoms with Gasteiger partial charge < -0.3 is 26.3 Å². The molecule has 0 unspecified atom stereocenters. The molecule has 0 spiro atoms. The number of ether oxygens (including phenoxy) is 1. The van der Waals surface area contributed by atoms with E-state index >= 15 is 0 Å². The first-order chi connectivity index (χ1) is 10.3. The number of benzene rings is 2. The highest BCUT2D eigenvalue weighted by atomic mass is 35.5. The summed E-state index contributed by atoms with van der Waals surface area (Å²) >= 11 is 0. The quantitative estimate of drug-likeness (QED) is 0.658. The molecule has 0 radical (unpaired) electrons. The predicted molar refractivity (Wildman–Crippen MR) is 83.3 cm³/mol. The molecule has 3 rings (SSSR count). The zero-order valence-electron chi connectivity index (χ0n) is 12.5. The summed E-state index contributed by atoms with van der Waals surface area (Å²) in [6.45, 7) is 1.44. The number of fused-ring (bicyclic) bond motifs is 1. The van der Waals surface area contributed by atoms with Crippen LogP contribution in [0.2, 0.25) is 0 Å². The van der Waals surface area contributed by atoms with Crippen LogP contribution in [-0.2, 0) is 13.6 Å². The van der Waals surface area contributed by atoms with E-state index in [0.29, 0.717) is 12.2 Å². The first-order valence-corrected chi connectivity index (χ1v) is 7.14. The Morgan fingerprint density at radius 1 is 0.955 bits per heavy atom. The second kappa shape index (κ2) is 7.18. The first kappa shape index (κ1) is 16.2. The number of hydrogen-bond donors (Lipinski definition) is 1. The van der Waals surface area contributed by atoms with Gasteiger partial charge in [0.25, 0.3) is 0 Å². The van der Waals surface area contributed by atoms with E-state index in [9.17, 15) is 0 Å². The normalized spacial score (nSPS) is 10.4. The van der Waals surface area contributed by atoms with Crippen LogP contribution in [0.15, 0.2) is 54.6 Å². The van der Waals surface area contributed by atoms with E-state index in [1.54, 1.807) is 0 Å². The van der Waals surface area contributed by atoms with Crippen LogP contribution in [0.4, 0.5) is 0 Å². The molecular formula is C17H19ClN3O-. The molecule has 0 aliphatic heterocycles. The maximum atomic E-state index is 8.21. The molecule has 1 heterocycles. The minimum atomic E-state index is 0. The maximum Gasteiger partial charge on any atom is 0.202 e. The number of nitrogens with one attached hydrogen (secondary N) is 1. The SMILES string of the molecule is Cn1c(=N)n(CCCOc2ccccc2)c2ccccc21.[Cl-]. The Morgan fingerprint density at radius 3 is 2.32 bits per heavy atom. The fraction of sp³-hybridized carbons (Fsp3) is 0.235. The molecule has 0 saturated heterocycles. The van der Waals surface area contributed by atoms with E-state index in [-0.39, 0.29) is 12.4 Å². The molecule has 22 heavy (non-hydrogen) atoms. The molecule has 3 aromatic rings. The molecule has 0 amide bonds. The predicted octanol–water partition coefficient (Wildman–Crippen LogP) is -0.0676. The average molecular weight is 317 g/mol. The van der Waals surface area contributed by atoms with Gasteiger partial charge in [-0.05, 0) is 30.7 Å². The molecule has 0 aliphatic carbocycles. The lowest BCUT2D eigenvalue weighted by atomic mass is 10.3. The monoisotopic (exact) mass is 316 g/mol. The van der Waals surface area contributed by atoms with Crippen LogP contribution >= 0.6 is 0 Å². The van der Waals surface area contributed by atoms with E-state index in [1.807, 2.05) is 64.7 Å². The summed E-state index contributed by atoms with van der Waals surface area (Å²) in [7, 11) is 1.93. The Bertz CT molecular complexity index is 793. The van der Waals surface area contributed by atoms with Crippen molar-refractivity contribution < 1.29 is 17.1 Å². The maximum absolute atomic E-state index is 8.21. The molecule has 2 aromatic carbocycles. The molecule has 1 N–H and O–H groups in total. The molecule has 116 valence electrons. The fourth-order valence-electron chi connectivity index (χ4n) is 2.54. The van der Waals surface area contributed by atoms with Crippen molar-refractivity contribution in [3.63, 3.8) is 0 Å². The lowest BCUT2D eigenvalue weighted by Crippen LogP contribution is -3.00. The van der Waals surface area contributed by atoms with Gasteiger partial charge in [-0.1, -0.05) is 30.3 Å². The fourth-order valence-corrected chi connectivity index (χ4v) is 2.54. The third-order valence-corrected chi connectivity index (χ3v) is 3.65. The van der Waals surface area contributed by atoms with Gasteiger partial charge in [0.2, 0.25) is 5.62 Å². The summed E-state index contributed by atoms with van der Waals surface area (Å²) in [6.07, 6.45) is 0.874. The van der Waals surface area contributed by atoms with E-state index in [4.69, 9.17) is 10.1 Å². The van der Waals surface area contributed by atoms with Gasteiger partial charge in [0, 0.05) is 13.6 Å². The van der Waals surface area contributed by atoms with Crippen LogP contribution in [0.1, 0.15) is 6.42 Å². The number of hydrogen-bond acceptors (Lipinski definition) is 2. The zero-order chi connectivity index (χ0) is 14.7. The van der Waals surface area contributed by atoms with Gasteiger partial charge in [-0.25, -0.2) is 0 Å². The summed E-state index contributed by atoms with van der Waals surface area (Å²) in [5, 5.41) is 8.21. The summed E-state index contributed by atoms with van der Waals surface area (Å²) in [4.78, 5) is 0. The van der Waals surface area contributed by atoms with Gasteiger partial charge in [-0.2, -0.15) is 0 Å². The van der Waals surface area contributed by atoms with Gasteiger partial charge in [-0.3, -0.25) is 5.41 Å². The van der Waals surface area contributed by atoms with E-state index in [0.717, 1.165) is 29.7 Å². The van der Waals surface area contributed by atoms with E-state index in [1.165, 1.54) is 0 Å². The lowest BCUT2D eigenvalue weighted by Gasteiger charge is -2.07. The molecule has 0 fully saturated rings. The smallest absolute Gasteiger partial charge is 0.202 e. The van der Waals surface area contributed by atoms with Crippen LogP contribution in [0.5, 0.6) is 5.75 Å². The highest BCUT2D eigenvalue weighted by molar-refractivity contribution is 5.75. The third-order valence-electron chi connectivity index (χ3n) is 3.65. The molecule has 1 aromatic heterocycles.